The van der Waals surface area contributed by atoms with Gasteiger partial charge in [-0.3, -0.25) is 4.79 Å². The summed E-state index contributed by atoms with van der Waals surface area (Å²) in [5.41, 5.74) is 0.955. The third kappa shape index (κ3) is 3.38. The van der Waals surface area contributed by atoms with Gasteiger partial charge in [0.15, 0.2) is 16.9 Å². The second kappa shape index (κ2) is 6.44. The lowest BCUT2D eigenvalue weighted by Gasteiger charge is -2.07. The summed E-state index contributed by atoms with van der Waals surface area (Å²) in [4.78, 5) is 12.1. The van der Waals surface area contributed by atoms with Crippen molar-refractivity contribution >= 4 is 26.9 Å². The van der Waals surface area contributed by atoms with E-state index >= 15 is 0 Å². The zero-order chi connectivity index (χ0) is 16.4. The average molecular weight is 376 g/mol. The number of phenols is 2. The van der Waals surface area contributed by atoms with Crippen LogP contribution in [0.5, 0.6) is 11.5 Å². The summed E-state index contributed by atoms with van der Waals surface area (Å²) in [5.74, 6) is -0.335. The zero-order valence-electron chi connectivity index (χ0n) is 12.0. The van der Waals surface area contributed by atoms with Gasteiger partial charge in [-0.15, -0.1) is 0 Å². The molecule has 0 spiro atoms. The Morgan fingerprint density at radius 1 is 1.09 bits per heavy atom. The molecule has 0 fully saturated rings. The molecule has 0 atom stereocenters. The van der Waals surface area contributed by atoms with Crippen LogP contribution in [0.25, 0.3) is 11.0 Å². The van der Waals surface area contributed by atoms with E-state index in [4.69, 9.17) is 4.42 Å². The minimum absolute atomic E-state index is 0.0132. The molecule has 0 saturated heterocycles. The highest BCUT2D eigenvalue weighted by Gasteiger charge is 2.12. The second-order valence-corrected chi connectivity index (χ2v) is 6.03. The van der Waals surface area contributed by atoms with Crippen LogP contribution >= 0.6 is 15.9 Å². The van der Waals surface area contributed by atoms with Crippen LogP contribution in [0.1, 0.15) is 11.3 Å². The Balaban J connectivity index is 1.79. The molecule has 2 aromatic carbocycles. The van der Waals surface area contributed by atoms with Crippen LogP contribution in [-0.4, -0.2) is 10.2 Å². The Bertz CT molecular complexity index is 920. The molecule has 0 saturated carbocycles. The van der Waals surface area contributed by atoms with Gasteiger partial charge in [0.05, 0.1) is 6.54 Å². The van der Waals surface area contributed by atoms with E-state index < -0.39 is 5.75 Å². The van der Waals surface area contributed by atoms with Gasteiger partial charge in [-0.1, -0.05) is 28.1 Å². The molecule has 3 N–H and O–H groups in total. The third-order valence-corrected chi connectivity index (χ3v) is 3.91. The fourth-order valence-corrected chi connectivity index (χ4v) is 2.78. The summed E-state index contributed by atoms with van der Waals surface area (Å²) >= 11 is 3.42. The van der Waals surface area contributed by atoms with Crippen molar-refractivity contribution in [1.82, 2.24) is 5.32 Å². The van der Waals surface area contributed by atoms with E-state index in [0.717, 1.165) is 10.0 Å². The lowest BCUT2D eigenvalue weighted by atomic mass is 10.2. The van der Waals surface area contributed by atoms with Gasteiger partial charge in [-0.25, -0.2) is 0 Å². The van der Waals surface area contributed by atoms with Gasteiger partial charge in [0.25, 0.3) is 0 Å². The number of halogens is 1. The Labute approximate surface area is 140 Å². The van der Waals surface area contributed by atoms with Crippen molar-refractivity contribution in [1.29, 1.82) is 0 Å². The second-order valence-electron chi connectivity index (χ2n) is 5.12. The molecule has 1 heterocycles. The highest BCUT2D eigenvalue weighted by Crippen LogP contribution is 2.31. The van der Waals surface area contributed by atoms with Crippen LogP contribution in [0.3, 0.4) is 0 Å². The maximum atomic E-state index is 12.1. The number of nitrogens with one attached hydrogen (secondary N) is 1. The van der Waals surface area contributed by atoms with E-state index in [2.05, 4.69) is 21.2 Å². The fourth-order valence-electron chi connectivity index (χ4n) is 2.34. The SMILES string of the molecule is O=c1cc(CNCc2cccc(Br)c2)oc2ccc(O)c(O)c12. The van der Waals surface area contributed by atoms with Gasteiger partial charge in [0.1, 0.15) is 16.7 Å². The smallest absolute Gasteiger partial charge is 0.196 e. The third-order valence-electron chi connectivity index (χ3n) is 3.42. The summed E-state index contributed by atoms with van der Waals surface area (Å²) in [7, 11) is 0. The van der Waals surface area contributed by atoms with Gasteiger partial charge in [-0.2, -0.15) is 0 Å². The fraction of sp³-hybridized carbons (Fsp3) is 0.118. The van der Waals surface area contributed by atoms with Crippen molar-refractivity contribution in [2.24, 2.45) is 0 Å². The van der Waals surface area contributed by atoms with Crippen LogP contribution in [0.2, 0.25) is 0 Å². The maximum Gasteiger partial charge on any atom is 0.196 e. The Morgan fingerprint density at radius 3 is 2.70 bits per heavy atom. The molecule has 3 rings (SSSR count). The molecule has 0 aliphatic rings. The Kier molecular flexibility index (Phi) is 4.36. The first kappa shape index (κ1) is 15.6. The number of fused-ring (bicyclic) bond motifs is 1. The van der Waals surface area contributed by atoms with Gasteiger partial charge < -0.3 is 19.9 Å². The molecule has 0 radical (unpaired) electrons. The van der Waals surface area contributed by atoms with Crippen molar-refractivity contribution in [2.45, 2.75) is 13.1 Å². The van der Waals surface area contributed by atoms with Crippen molar-refractivity contribution in [3.63, 3.8) is 0 Å². The largest absolute Gasteiger partial charge is 0.504 e. The molecule has 0 aliphatic heterocycles. The monoisotopic (exact) mass is 375 g/mol. The number of hydrogen-bond acceptors (Lipinski definition) is 5. The molecule has 6 heteroatoms. The van der Waals surface area contributed by atoms with Gasteiger partial charge in [0.2, 0.25) is 0 Å². The Morgan fingerprint density at radius 2 is 1.91 bits per heavy atom. The topological polar surface area (TPSA) is 82.7 Å². The zero-order valence-corrected chi connectivity index (χ0v) is 13.6. The summed E-state index contributed by atoms with van der Waals surface area (Å²) in [6, 6.07) is 12.0. The predicted molar refractivity (Wildman–Crippen MR) is 90.5 cm³/mol. The van der Waals surface area contributed by atoms with Crippen molar-refractivity contribution in [3.8, 4) is 11.5 Å². The highest BCUT2D eigenvalue weighted by molar-refractivity contribution is 9.10. The van der Waals surface area contributed by atoms with Crippen molar-refractivity contribution in [2.75, 3.05) is 0 Å². The van der Waals surface area contributed by atoms with Crippen LogP contribution in [-0.2, 0) is 13.1 Å². The molecular weight excluding hydrogens is 362 g/mol. The average Bonchev–Trinajstić information content (AvgIpc) is 2.51. The molecule has 1 aromatic heterocycles. The molecule has 0 aliphatic carbocycles. The van der Waals surface area contributed by atoms with Crippen molar-refractivity contribution < 1.29 is 14.6 Å². The lowest BCUT2D eigenvalue weighted by Crippen LogP contribution is -2.14. The molecule has 0 amide bonds. The molecular formula is C17H14BrNO4. The molecule has 0 unspecified atom stereocenters. The van der Waals surface area contributed by atoms with E-state index in [0.29, 0.717) is 18.8 Å². The normalized spacial score (nSPS) is 11.0. The molecule has 23 heavy (non-hydrogen) atoms. The van der Waals surface area contributed by atoms with E-state index in [9.17, 15) is 15.0 Å². The molecule has 5 nitrogen and oxygen atoms in total. The molecule has 118 valence electrons. The van der Waals surface area contributed by atoms with Crippen LogP contribution < -0.4 is 10.7 Å². The van der Waals surface area contributed by atoms with Gasteiger partial charge >= 0.3 is 0 Å². The summed E-state index contributed by atoms with van der Waals surface area (Å²) in [6.07, 6.45) is 0. The summed E-state index contributed by atoms with van der Waals surface area (Å²) in [5, 5.41) is 22.4. The van der Waals surface area contributed by atoms with Crippen LogP contribution in [0.4, 0.5) is 0 Å². The first-order valence-electron chi connectivity index (χ1n) is 6.97. The Hall–Kier alpha value is -2.31. The number of phenolic OH excluding ortho intramolecular Hbond substituents is 2. The quantitative estimate of drug-likeness (QED) is 0.609. The van der Waals surface area contributed by atoms with E-state index in [1.807, 2.05) is 24.3 Å². The first-order chi connectivity index (χ1) is 11.0. The maximum absolute atomic E-state index is 12.1. The summed E-state index contributed by atoms with van der Waals surface area (Å²) in [6.45, 7) is 1.00. The van der Waals surface area contributed by atoms with Crippen LogP contribution in [0, 0.1) is 0 Å². The summed E-state index contributed by atoms with van der Waals surface area (Å²) < 4.78 is 6.60. The molecule has 3 aromatic rings. The van der Waals surface area contributed by atoms with E-state index in [1.54, 1.807) is 0 Å². The molecule has 0 bridgehead atoms. The van der Waals surface area contributed by atoms with Gasteiger partial charge in [-0.05, 0) is 29.8 Å². The van der Waals surface area contributed by atoms with E-state index in [-0.39, 0.29) is 22.1 Å². The highest BCUT2D eigenvalue weighted by atomic mass is 79.9. The standard InChI is InChI=1S/C17H14BrNO4/c18-11-3-1-2-10(6-11)8-19-9-12-7-14(21)16-15(23-12)5-4-13(20)17(16)22/h1-7,19-20,22H,8-9H2. The van der Waals surface area contributed by atoms with E-state index in [1.165, 1.54) is 18.2 Å². The lowest BCUT2D eigenvalue weighted by molar-refractivity contribution is 0.406. The predicted octanol–water partition coefficient (Wildman–Crippen LogP) is 3.26. The minimum Gasteiger partial charge on any atom is -0.504 e. The number of hydrogen-bond donors (Lipinski definition) is 3. The van der Waals surface area contributed by atoms with Gasteiger partial charge in [0, 0.05) is 17.1 Å². The van der Waals surface area contributed by atoms with Crippen LogP contribution in [0.15, 0.2) is 56.1 Å². The number of aromatic hydroxyl groups is 2. The number of rotatable bonds is 4. The number of benzene rings is 2. The minimum atomic E-state index is -0.454. The first-order valence-corrected chi connectivity index (χ1v) is 7.77. The van der Waals surface area contributed by atoms with Crippen molar-refractivity contribution in [3.05, 3.63) is 68.5 Å².